The number of nitrogens with one attached hydrogen (secondary N) is 1. The summed E-state index contributed by atoms with van der Waals surface area (Å²) in [6, 6.07) is 17.8. The van der Waals surface area contributed by atoms with Crippen molar-refractivity contribution in [2.24, 2.45) is 0 Å². The number of aromatic carboxylic acids is 1. The highest BCUT2D eigenvalue weighted by Crippen LogP contribution is 2.29. The van der Waals surface area contributed by atoms with Crippen LogP contribution in [0, 0.1) is 0 Å². The lowest BCUT2D eigenvalue weighted by Gasteiger charge is -2.05. The Hall–Kier alpha value is -2.72. The smallest absolute Gasteiger partial charge is 0.335 e. The van der Waals surface area contributed by atoms with E-state index in [1.807, 2.05) is 36.4 Å². The third kappa shape index (κ3) is 3.55. The molecule has 0 fully saturated rings. The van der Waals surface area contributed by atoms with Gasteiger partial charge in [0.05, 0.1) is 17.1 Å². The lowest BCUT2D eigenvalue weighted by Crippen LogP contribution is -2.00. The van der Waals surface area contributed by atoms with E-state index in [0.717, 1.165) is 17.0 Å². The fraction of sp³-hybridized carbons (Fsp3) is 0.0556. The first-order valence-electron chi connectivity index (χ1n) is 7.04. The number of halogens is 1. The van der Waals surface area contributed by atoms with E-state index in [1.54, 1.807) is 24.3 Å². The normalized spacial score (nSPS) is 10.5. The number of anilines is 1. The summed E-state index contributed by atoms with van der Waals surface area (Å²) in [7, 11) is 0. The number of rotatable bonds is 5. The number of furan rings is 1. The number of carboxylic acids is 1. The second kappa shape index (κ2) is 6.58. The van der Waals surface area contributed by atoms with Crippen LogP contribution in [-0.4, -0.2) is 11.1 Å². The van der Waals surface area contributed by atoms with Gasteiger partial charge in [-0.25, -0.2) is 4.79 Å². The molecule has 5 heteroatoms. The summed E-state index contributed by atoms with van der Waals surface area (Å²) >= 11 is 6.16. The van der Waals surface area contributed by atoms with Crippen LogP contribution < -0.4 is 5.32 Å². The molecule has 2 N–H and O–H groups in total. The summed E-state index contributed by atoms with van der Waals surface area (Å²) in [6.45, 7) is 0.497. The molecule has 3 rings (SSSR count). The molecule has 0 unspecified atom stereocenters. The number of carboxylic acid groups (broad SMARTS) is 1. The predicted molar refractivity (Wildman–Crippen MR) is 89.9 cm³/mol. The van der Waals surface area contributed by atoms with Crippen molar-refractivity contribution in [2.45, 2.75) is 6.54 Å². The fourth-order valence-electron chi connectivity index (χ4n) is 2.20. The zero-order valence-corrected chi connectivity index (χ0v) is 12.9. The Morgan fingerprint density at radius 3 is 2.48 bits per heavy atom. The van der Waals surface area contributed by atoms with Crippen molar-refractivity contribution in [3.05, 3.63) is 77.0 Å². The molecule has 1 aromatic heterocycles. The lowest BCUT2D eigenvalue weighted by molar-refractivity contribution is 0.0697. The zero-order chi connectivity index (χ0) is 16.2. The van der Waals surface area contributed by atoms with Gasteiger partial charge >= 0.3 is 5.97 Å². The van der Waals surface area contributed by atoms with Crippen molar-refractivity contribution < 1.29 is 14.3 Å². The third-order valence-electron chi connectivity index (χ3n) is 3.40. The van der Waals surface area contributed by atoms with E-state index in [4.69, 9.17) is 21.1 Å². The predicted octanol–water partition coefficient (Wildman–Crippen LogP) is 4.91. The van der Waals surface area contributed by atoms with E-state index in [-0.39, 0.29) is 5.56 Å². The second-order valence-corrected chi connectivity index (χ2v) is 5.39. The van der Waals surface area contributed by atoms with Crippen LogP contribution in [0.4, 0.5) is 5.69 Å². The Labute approximate surface area is 138 Å². The summed E-state index contributed by atoms with van der Waals surface area (Å²) in [5.41, 5.74) is 1.94. The summed E-state index contributed by atoms with van der Waals surface area (Å²) in [5, 5.41) is 12.7. The fourth-order valence-corrected chi connectivity index (χ4v) is 2.43. The van der Waals surface area contributed by atoms with Crippen molar-refractivity contribution in [3.8, 4) is 11.3 Å². The molecule has 0 aliphatic carbocycles. The minimum Gasteiger partial charge on any atom is -0.478 e. The molecule has 0 saturated heterocycles. The maximum absolute atomic E-state index is 10.8. The molecule has 23 heavy (non-hydrogen) atoms. The zero-order valence-electron chi connectivity index (χ0n) is 12.1. The van der Waals surface area contributed by atoms with Gasteiger partial charge in [-0.05, 0) is 48.5 Å². The Kier molecular flexibility index (Phi) is 4.35. The number of benzene rings is 2. The largest absolute Gasteiger partial charge is 0.478 e. The van der Waals surface area contributed by atoms with Gasteiger partial charge in [-0.15, -0.1) is 0 Å². The molecule has 1 heterocycles. The van der Waals surface area contributed by atoms with Crippen LogP contribution in [0.5, 0.6) is 0 Å². The van der Waals surface area contributed by atoms with E-state index >= 15 is 0 Å². The maximum Gasteiger partial charge on any atom is 0.335 e. The van der Waals surface area contributed by atoms with E-state index in [9.17, 15) is 4.79 Å². The van der Waals surface area contributed by atoms with Gasteiger partial charge in [0.25, 0.3) is 0 Å². The lowest BCUT2D eigenvalue weighted by atomic mass is 10.2. The van der Waals surface area contributed by atoms with Crippen molar-refractivity contribution in [1.82, 2.24) is 0 Å². The molecular weight excluding hydrogens is 314 g/mol. The van der Waals surface area contributed by atoms with Gasteiger partial charge in [-0.2, -0.15) is 0 Å². The van der Waals surface area contributed by atoms with E-state index in [2.05, 4.69) is 5.32 Å². The molecule has 0 bridgehead atoms. The molecule has 2 aromatic carbocycles. The van der Waals surface area contributed by atoms with Gasteiger partial charge in [0.15, 0.2) is 0 Å². The van der Waals surface area contributed by atoms with Gasteiger partial charge in [-0.1, -0.05) is 23.7 Å². The quantitative estimate of drug-likeness (QED) is 0.699. The summed E-state index contributed by atoms with van der Waals surface area (Å²) < 4.78 is 5.79. The molecule has 0 radical (unpaired) electrons. The maximum atomic E-state index is 10.8. The van der Waals surface area contributed by atoms with Gasteiger partial charge in [0.2, 0.25) is 0 Å². The summed E-state index contributed by atoms with van der Waals surface area (Å²) in [6.07, 6.45) is 0. The molecule has 0 spiro atoms. The Bertz CT molecular complexity index is 824. The minimum absolute atomic E-state index is 0.259. The van der Waals surface area contributed by atoms with E-state index < -0.39 is 5.97 Å². The van der Waals surface area contributed by atoms with Gasteiger partial charge in [0, 0.05) is 11.3 Å². The highest BCUT2D eigenvalue weighted by Gasteiger charge is 2.08. The number of hydrogen-bond donors (Lipinski definition) is 2. The monoisotopic (exact) mass is 327 g/mol. The average Bonchev–Trinajstić information content (AvgIpc) is 3.02. The standard InChI is InChI=1S/C18H14ClNO3/c19-16-4-2-1-3-15(16)17-10-9-14(23-17)11-20-13-7-5-12(6-8-13)18(21)22/h1-10,20H,11H2,(H,21,22). The van der Waals surface area contributed by atoms with Crippen LogP contribution >= 0.6 is 11.6 Å². The van der Waals surface area contributed by atoms with Crippen LogP contribution in [0.3, 0.4) is 0 Å². The van der Waals surface area contributed by atoms with Crippen molar-refractivity contribution in [2.75, 3.05) is 5.32 Å². The van der Waals surface area contributed by atoms with E-state index in [0.29, 0.717) is 17.3 Å². The molecular formula is C18H14ClNO3. The second-order valence-electron chi connectivity index (χ2n) is 4.98. The SMILES string of the molecule is O=C(O)c1ccc(NCc2ccc(-c3ccccc3Cl)o2)cc1. The van der Waals surface area contributed by atoms with Gasteiger partial charge < -0.3 is 14.8 Å². The summed E-state index contributed by atoms with van der Waals surface area (Å²) in [4.78, 5) is 10.8. The highest BCUT2D eigenvalue weighted by atomic mass is 35.5. The van der Waals surface area contributed by atoms with Crippen molar-refractivity contribution >= 4 is 23.3 Å². The topological polar surface area (TPSA) is 62.5 Å². The molecule has 0 saturated carbocycles. The molecule has 3 aromatic rings. The first-order chi connectivity index (χ1) is 11.1. The highest BCUT2D eigenvalue weighted by molar-refractivity contribution is 6.33. The van der Waals surface area contributed by atoms with Gasteiger partial charge in [-0.3, -0.25) is 0 Å². The van der Waals surface area contributed by atoms with E-state index in [1.165, 1.54) is 0 Å². The third-order valence-corrected chi connectivity index (χ3v) is 3.73. The molecule has 0 aliphatic rings. The van der Waals surface area contributed by atoms with Crippen molar-refractivity contribution in [1.29, 1.82) is 0 Å². The van der Waals surface area contributed by atoms with Crippen LogP contribution in [0.1, 0.15) is 16.1 Å². The number of carbonyl (C=O) groups is 1. The molecule has 0 amide bonds. The first-order valence-corrected chi connectivity index (χ1v) is 7.42. The summed E-state index contributed by atoms with van der Waals surface area (Å²) in [5.74, 6) is 0.544. The Morgan fingerprint density at radius 2 is 1.78 bits per heavy atom. The Balaban J connectivity index is 1.68. The number of hydrogen-bond acceptors (Lipinski definition) is 3. The van der Waals surface area contributed by atoms with Gasteiger partial charge in [0.1, 0.15) is 11.5 Å². The first kappa shape index (κ1) is 15.2. The molecule has 0 aliphatic heterocycles. The average molecular weight is 328 g/mol. The van der Waals surface area contributed by atoms with Crippen LogP contribution in [0.2, 0.25) is 5.02 Å². The molecule has 0 atom stereocenters. The minimum atomic E-state index is -0.938. The van der Waals surface area contributed by atoms with Crippen LogP contribution in [0.15, 0.2) is 65.1 Å². The Morgan fingerprint density at radius 1 is 1.04 bits per heavy atom. The van der Waals surface area contributed by atoms with Crippen LogP contribution in [-0.2, 0) is 6.54 Å². The van der Waals surface area contributed by atoms with Crippen molar-refractivity contribution in [3.63, 3.8) is 0 Å². The molecule has 4 nitrogen and oxygen atoms in total. The van der Waals surface area contributed by atoms with Crippen LogP contribution in [0.25, 0.3) is 11.3 Å². The molecule has 116 valence electrons.